The van der Waals surface area contributed by atoms with Crippen LogP contribution in [0.15, 0.2) is 56.2 Å². The minimum absolute atomic E-state index is 0.0347. The van der Waals surface area contributed by atoms with Crippen molar-refractivity contribution < 1.29 is 4.79 Å². The highest BCUT2D eigenvalue weighted by Gasteiger charge is 2.30. The van der Waals surface area contributed by atoms with Crippen molar-refractivity contribution in [3.8, 4) is 0 Å². The van der Waals surface area contributed by atoms with Crippen molar-refractivity contribution in [3.63, 3.8) is 0 Å². The average molecular weight is 403 g/mol. The van der Waals surface area contributed by atoms with E-state index in [-0.39, 0.29) is 11.8 Å². The third-order valence-electron chi connectivity index (χ3n) is 3.93. The fourth-order valence-electron chi connectivity index (χ4n) is 2.58. The number of carbonyl (C=O) groups excluding carboxylic acids is 1. The van der Waals surface area contributed by atoms with Gasteiger partial charge in [0.1, 0.15) is 5.84 Å². The van der Waals surface area contributed by atoms with Gasteiger partial charge < -0.3 is 4.90 Å². The highest BCUT2D eigenvalue weighted by molar-refractivity contribution is 14.1. The van der Waals surface area contributed by atoms with Crippen LogP contribution in [-0.4, -0.2) is 22.5 Å². The molecule has 110 valence electrons. The quantitative estimate of drug-likeness (QED) is 0.675. The monoisotopic (exact) mass is 403 g/mol. The predicted octanol–water partition coefficient (Wildman–Crippen LogP) is 3.43. The number of halogens is 1. The first-order valence-corrected chi connectivity index (χ1v) is 8.40. The molecule has 0 spiro atoms. The summed E-state index contributed by atoms with van der Waals surface area (Å²) in [6, 6.07) is 8.05. The standard InChI is InChI=1S/C17H14IN3O/c18-13-7-8-15-19-16(20-17(22)11-5-6-11)14-4-2-1-3-12(14)9-21(15)10-13/h1-4,7-8,10-11H,5-6,9H2. The fourth-order valence-corrected chi connectivity index (χ4v) is 3.09. The van der Waals surface area contributed by atoms with E-state index in [1.54, 1.807) is 0 Å². The number of carbonyl (C=O) groups is 1. The van der Waals surface area contributed by atoms with Crippen molar-refractivity contribution in [2.24, 2.45) is 15.9 Å². The van der Waals surface area contributed by atoms with E-state index in [0.717, 1.165) is 39.9 Å². The molecule has 0 saturated heterocycles. The Labute approximate surface area is 142 Å². The Morgan fingerprint density at radius 2 is 2.09 bits per heavy atom. The van der Waals surface area contributed by atoms with Gasteiger partial charge in [0.2, 0.25) is 0 Å². The molecule has 0 radical (unpaired) electrons. The van der Waals surface area contributed by atoms with Crippen molar-refractivity contribution in [2.45, 2.75) is 19.4 Å². The van der Waals surface area contributed by atoms with Crippen LogP contribution in [0.4, 0.5) is 0 Å². The molecule has 1 saturated carbocycles. The largest absolute Gasteiger partial charge is 0.327 e. The minimum atomic E-state index is -0.0347. The number of nitrogens with zero attached hydrogens (tertiary/aromatic N) is 3. The van der Waals surface area contributed by atoms with Gasteiger partial charge in [-0.3, -0.25) is 4.79 Å². The van der Waals surface area contributed by atoms with Crippen LogP contribution in [0.2, 0.25) is 0 Å². The molecule has 4 rings (SSSR count). The molecule has 1 aromatic rings. The summed E-state index contributed by atoms with van der Waals surface area (Å²) in [4.78, 5) is 23.2. The summed E-state index contributed by atoms with van der Waals surface area (Å²) < 4.78 is 1.16. The third kappa shape index (κ3) is 2.65. The third-order valence-corrected chi connectivity index (χ3v) is 4.57. The number of aliphatic imine (C=N–C) groups is 2. The van der Waals surface area contributed by atoms with E-state index in [2.05, 4.69) is 49.7 Å². The van der Waals surface area contributed by atoms with E-state index >= 15 is 0 Å². The summed E-state index contributed by atoms with van der Waals surface area (Å²) in [7, 11) is 0. The Kier molecular flexibility index (Phi) is 3.44. The lowest BCUT2D eigenvalue weighted by Gasteiger charge is -2.21. The average Bonchev–Trinajstić information content (AvgIpc) is 3.34. The van der Waals surface area contributed by atoms with Gasteiger partial charge >= 0.3 is 0 Å². The highest BCUT2D eigenvalue weighted by atomic mass is 127. The van der Waals surface area contributed by atoms with E-state index in [1.165, 1.54) is 0 Å². The summed E-state index contributed by atoms with van der Waals surface area (Å²) in [5, 5.41) is 0. The van der Waals surface area contributed by atoms with Gasteiger partial charge in [0.25, 0.3) is 5.91 Å². The Morgan fingerprint density at radius 1 is 1.27 bits per heavy atom. The Bertz CT molecular complexity index is 772. The lowest BCUT2D eigenvalue weighted by molar-refractivity contribution is -0.118. The molecule has 5 heteroatoms. The van der Waals surface area contributed by atoms with E-state index in [4.69, 9.17) is 0 Å². The van der Waals surface area contributed by atoms with Crippen molar-refractivity contribution >= 4 is 40.2 Å². The van der Waals surface area contributed by atoms with Crippen LogP contribution < -0.4 is 0 Å². The first kappa shape index (κ1) is 13.9. The number of rotatable bonds is 1. The van der Waals surface area contributed by atoms with Crippen LogP contribution in [0.5, 0.6) is 0 Å². The summed E-state index contributed by atoms with van der Waals surface area (Å²) in [6.45, 7) is 0.739. The van der Waals surface area contributed by atoms with E-state index in [0.29, 0.717) is 5.84 Å². The summed E-state index contributed by atoms with van der Waals surface area (Å²) >= 11 is 2.29. The van der Waals surface area contributed by atoms with Crippen LogP contribution in [0.1, 0.15) is 24.0 Å². The Balaban J connectivity index is 1.83. The topological polar surface area (TPSA) is 45.0 Å². The zero-order valence-corrected chi connectivity index (χ0v) is 14.0. The van der Waals surface area contributed by atoms with Gasteiger partial charge in [-0.1, -0.05) is 24.3 Å². The maximum Gasteiger partial charge on any atom is 0.250 e. The second-order valence-corrected chi connectivity index (χ2v) is 6.90. The number of hydrogen-bond acceptors (Lipinski definition) is 2. The van der Waals surface area contributed by atoms with E-state index in [1.807, 2.05) is 30.4 Å². The molecule has 0 bridgehead atoms. The number of hydrogen-bond donors (Lipinski definition) is 0. The van der Waals surface area contributed by atoms with E-state index < -0.39 is 0 Å². The van der Waals surface area contributed by atoms with Gasteiger partial charge in [-0.2, -0.15) is 4.99 Å². The highest BCUT2D eigenvalue weighted by Crippen LogP contribution is 2.31. The van der Waals surface area contributed by atoms with Crippen molar-refractivity contribution in [1.82, 2.24) is 4.90 Å². The summed E-state index contributed by atoms with van der Waals surface area (Å²) in [5.41, 5.74) is 2.09. The van der Waals surface area contributed by atoms with Gasteiger partial charge in [0.15, 0.2) is 5.84 Å². The number of amides is 1. The SMILES string of the molecule is O=C(N=C1N=C2C=CC(I)=CN2Cc2ccccc21)C1CC1. The Hall–Kier alpha value is -1.76. The molecule has 0 aromatic heterocycles. The normalized spacial score (nSPS) is 21.7. The molecule has 1 amide bonds. The molecular weight excluding hydrogens is 389 g/mol. The molecule has 0 unspecified atom stereocenters. The predicted molar refractivity (Wildman–Crippen MR) is 94.9 cm³/mol. The van der Waals surface area contributed by atoms with Crippen LogP contribution in [0.25, 0.3) is 0 Å². The maximum absolute atomic E-state index is 12.1. The summed E-state index contributed by atoms with van der Waals surface area (Å²) in [5.74, 6) is 1.45. The lowest BCUT2D eigenvalue weighted by Crippen LogP contribution is -2.24. The first-order valence-electron chi connectivity index (χ1n) is 7.32. The van der Waals surface area contributed by atoms with Gasteiger partial charge in [-0.15, -0.1) is 0 Å². The molecule has 3 aliphatic rings. The number of fused-ring (bicyclic) bond motifs is 2. The van der Waals surface area contributed by atoms with E-state index in [9.17, 15) is 4.79 Å². The van der Waals surface area contributed by atoms with Gasteiger partial charge in [0.05, 0.1) is 0 Å². The van der Waals surface area contributed by atoms with Crippen molar-refractivity contribution in [3.05, 3.63) is 57.3 Å². The number of benzene rings is 1. The minimum Gasteiger partial charge on any atom is -0.327 e. The zero-order chi connectivity index (χ0) is 15.1. The number of amidine groups is 2. The van der Waals surface area contributed by atoms with Crippen LogP contribution in [-0.2, 0) is 11.3 Å². The second-order valence-electron chi connectivity index (χ2n) is 5.65. The maximum atomic E-state index is 12.1. The van der Waals surface area contributed by atoms with Crippen molar-refractivity contribution in [1.29, 1.82) is 0 Å². The van der Waals surface area contributed by atoms with Crippen LogP contribution in [0, 0.1) is 5.92 Å². The molecule has 2 heterocycles. The second kappa shape index (κ2) is 5.46. The van der Waals surface area contributed by atoms with Gasteiger partial charge in [-0.05, 0) is 53.1 Å². The van der Waals surface area contributed by atoms with Crippen molar-refractivity contribution in [2.75, 3.05) is 0 Å². The Morgan fingerprint density at radius 3 is 2.91 bits per heavy atom. The van der Waals surface area contributed by atoms with Gasteiger partial charge in [-0.25, -0.2) is 4.99 Å². The molecule has 22 heavy (non-hydrogen) atoms. The zero-order valence-electron chi connectivity index (χ0n) is 11.9. The molecule has 1 aliphatic carbocycles. The molecule has 2 aliphatic heterocycles. The lowest BCUT2D eigenvalue weighted by atomic mass is 10.1. The molecular formula is C17H14IN3O. The molecule has 1 fully saturated rings. The van der Waals surface area contributed by atoms with Crippen LogP contribution >= 0.6 is 22.6 Å². The molecule has 0 atom stereocenters. The number of allylic oxidation sites excluding steroid dienone is 2. The smallest absolute Gasteiger partial charge is 0.250 e. The molecule has 1 aromatic carbocycles. The summed E-state index contributed by atoms with van der Waals surface area (Å²) in [6.07, 6.45) is 7.99. The van der Waals surface area contributed by atoms with Crippen LogP contribution in [0.3, 0.4) is 0 Å². The molecule has 0 N–H and O–H groups in total. The van der Waals surface area contributed by atoms with Gasteiger partial charge in [0, 0.05) is 27.8 Å². The molecule has 4 nitrogen and oxygen atoms in total. The first-order chi connectivity index (χ1) is 10.7. The fraction of sp³-hybridized carbons (Fsp3) is 0.235.